The van der Waals surface area contributed by atoms with E-state index < -0.39 is 0 Å². The molecule has 2 aliphatic rings. The van der Waals surface area contributed by atoms with E-state index in [0.29, 0.717) is 0 Å². The van der Waals surface area contributed by atoms with E-state index in [1.807, 2.05) is 0 Å². The number of ether oxygens (including phenoxy) is 1. The monoisotopic (exact) mass is 203 g/mol. The van der Waals surface area contributed by atoms with Crippen LogP contribution in [0.2, 0.25) is 0 Å². The molecule has 1 saturated carbocycles. The van der Waals surface area contributed by atoms with Crippen molar-refractivity contribution in [1.82, 2.24) is 5.32 Å². The van der Waals surface area contributed by atoms with Crippen LogP contribution in [0.15, 0.2) is 18.2 Å². The fraction of sp³-hybridized carbons (Fsp3) is 0.538. The normalized spacial score (nSPS) is 19.7. The minimum Gasteiger partial charge on any atom is -0.493 e. The van der Waals surface area contributed by atoms with Gasteiger partial charge in [0.1, 0.15) is 5.75 Å². The topological polar surface area (TPSA) is 21.3 Å². The highest BCUT2D eigenvalue weighted by Crippen LogP contribution is 2.30. The Morgan fingerprint density at radius 2 is 2.20 bits per heavy atom. The number of benzene rings is 1. The smallest absolute Gasteiger partial charge is 0.119 e. The summed E-state index contributed by atoms with van der Waals surface area (Å²) in [6, 6.07) is 6.52. The average Bonchev–Trinajstić information content (AvgIpc) is 3.10. The standard InChI is InChI=1S/C13H17NO/c1-2-10(1)9-15-13-4-3-12-8-14-6-5-11(12)7-13/h3-4,7,10,14H,1-2,5-6,8-9H2. The van der Waals surface area contributed by atoms with Crippen LogP contribution in [0.1, 0.15) is 24.0 Å². The zero-order chi connectivity index (χ0) is 10.1. The van der Waals surface area contributed by atoms with Crippen LogP contribution in [0.5, 0.6) is 5.75 Å². The first-order valence-corrected chi connectivity index (χ1v) is 5.87. The summed E-state index contributed by atoms with van der Waals surface area (Å²) in [5.41, 5.74) is 2.89. The lowest BCUT2D eigenvalue weighted by Gasteiger charge is -2.17. The predicted molar refractivity (Wildman–Crippen MR) is 60.1 cm³/mol. The second kappa shape index (κ2) is 3.86. The average molecular weight is 203 g/mol. The Morgan fingerprint density at radius 1 is 1.27 bits per heavy atom. The second-order valence-electron chi connectivity index (χ2n) is 4.61. The van der Waals surface area contributed by atoms with Gasteiger partial charge in [0.15, 0.2) is 0 Å². The maximum absolute atomic E-state index is 5.78. The van der Waals surface area contributed by atoms with Crippen molar-refractivity contribution in [3.05, 3.63) is 29.3 Å². The van der Waals surface area contributed by atoms with Crippen LogP contribution >= 0.6 is 0 Å². The maximum Gasteiger partial charge on any atom is 0.119 e. The Hall–Kier alpha value is -1.02. The van der Waals surface area contributed by atoms with E-state index in [0.717, 1.165) is 37.8 Å². The summed E-state index contributed by atoms with van der Waals surface area (Å²) in [7, 11) is 0. The lowest BCUT2D eigenvalue weighted by atomic mass is 10.0. The highest BCUT2D eigenvalue weighted by molar-refractivity contribution is 5.37. The first-order chi connectivity index (χ1) is 7.42. The Bertz CT molecular complexity index is 358. The molecule has 80 valence electrons. The molecule has 1 heterocycles. The zero-order valence-electron chi connectivity index (χ0n) is 8.96. The number of fused-ring (bicyclic) bond motifs is 1. The van der Waals surface area contributed by atoms with E-state index in [1.54, 1.807) is 0 Å². The highest BCUT2D eigenvalue weighted by Gasteiger charge is 2.22. The van der Waals surface area contributed by atoms with Gasteiger partial charge in [-0.1, -0.05) is 6.07 Å². The van der Waals surface area contributed by atoms with Crippen molar-refractivity contribution in [1.29, 1.82) is 0 Å². The molecule has 0 aromatic heterocycles. The summed E-state index contributed by atoms with van der Waals surface area (Å²) in [5, 5.41) is 3.38. The van der Waals surface area contributed by atoms with Gasteiger partial charge in [0, 0.05) is 6.54 Å². The SMILES string of the molecule is c1cc2c(cc1OCC1CC1)CCNC2. The molecule has 1 aliphatic carbocycles. The van der Waals surface area contributed by atoms with Crippen molar-refractivity contribution in [3.63, 3.8) is 0 Å². The van der Waals surface area contributed by atoms with Crippen molar-refractivity contribution in [2.24, 2.45) is 5.92 Å². The molecule has 0 spiro atoms. The Labute approximate surface area is 90.6 Å². The van der Waals surface area contributed by atoms with E-state index in [-0.39, 0.29) is 0 Å². The van der Waals surface area contributed by atoms with Gasteiger partial charge in [-0.25, -0.2) is 0 Å². The Balaban J connectivity index is 1.71. The van der Waals surface area contributed by atoms with Gasteiger partial charge in [-0.2, -0.15) is 0 Å². The largest absolute Gasteiger partial charge is 0.493 e. The molecular formula is C13H17NO. The second-order valence-corrected chi connectivity index (χ2v) is 4.61. The summed E-state index contributed by atoms with van der Waals surface area (Å²) in [6.07, 6.45) is 3.85. The zero-order valence-corrected chi connectivity index (χ0v) is 8.96. The van der Waals surface area contributed by atoms with Crippen LogP contribution in [-0.4, -0.2) is 13.2 Å². The number of rotatable bonds is 3. The molecule has 1 aromatic carbocycles. The third-order valence-electron chi connectivity index (χ3n) is 3.25. The molecule has 0 bridgehead atoms. The molecule has 15 heavy (non-hydrogen) atoms. The summed E-state index contributed by atoms with van der Waals surface area (Å²) in [4.78, 5) is 0. The van der Waals surface area contributed by atoms with Crippen molar-refractivity contribution >= 4 is 0 Å². The quantitative estimate of drug-likeness (QED) is 0.812. The minimum atomic E-state index is 0.836. The van der Waals surface area contributed by atoms with Crippen molar-refractivity contribution in [3.8, 4) is 5.75 Å². The lowest BCUT2D eigenvalue weighted by Crippen LogP contribution is -2.23. The predicted octanol–water partition coefficient (Wildman–Crippen LogP) is 2.12. The first-order valence-electron chi connectivity index (χ1n) is 5.87. The van der Waals surface area contributed by atoms with Crippen molar-refractivity contribution in [2.45, 2.75) is 25.8 Å². The summed E-state index contributed by atoms with van der Waals surface area (Å²) in [6.45, 7) is 3.02. The Kier molecular flexibility index (Phi) is 2.37. The van der Waals surface area contributed by atoms with Crippen LogP contribution in [0.3, 0.4) is 0 Å². The van der Waals surface area contributed by atoms with Gasteiger partial charge in [-0.15, -0.1) is 0 Å². The van der Waals surface area contributed by atoms with Crippen LogP contribution in [-0.2, 0) is 13.0 Å². The van der Waals surface area contributed by atoms with E-state index in [9.17, 15) is 0 Å². The van der Waals surface area contributed by atoms with E-state index in [4.69, 9.17) is 4.74 Å². The van der Waals surface area contributed by atoms with Crippen molar-refractivity contribution in [2.75, 3.05) is 13.2 Å². The van der Waals surface area contributed by atoms with Crippen molar-refractivity contribution < 1.29 is 4.74 Å². The first kappa shape index (κ1) is 9.22. The van der Waals surface area contributed by atoms with Crippen LogP contribution in [0.4, 0.5) is 0 Å². The molecule has 0 saturated heterocycles. The number of hydrogen-bond donors (Lipinski definition) is 1. The molecule has 1 fully saturated rings. The summed E-state index contributed by atoms with van der Waals surface area (Å²) >= 11 is 0. The third-order valence-corrected chi connectivity index (χ3v) is 3.25. The fourth-order valence-electron chi connectivity index (χ4n) is 2.04. The van der Waals surface area contributed by atoms with Gasteiger partial charge in [0.2, 0.25) is 0 Å². The number of hydrogen-bond acceptors (Lipinski definition) is 2. The Morgan fingerprint density at radius 3 is 3.07 bits per heavy atom. The molecule has 3 rings (SSSR count). The van der Waals surface area contributed by atoms with Gasteiger partial charge in [0.05, 0.1) is 6.61 Å². The lowest BCUT2D eigenvalue weighted by molar-refractivity contribution is 0.299. The van der Waals surface area contributed by atoms with E-state index in [2.05, 4.69) is 23.5 Å². The molecule has 1 aliphatic heterocycles. The van der Waals surface area contributed by atoms with Gasteiger partial charge < -0.3 is 10.1 Å². The summed E-state index contributed by atoms with van der Waals surface area (Å²) in [5.74, 6) is 1.89. The molecule has 0 radical (unpaired) electrons. The molecule has 2 heteroatoms. The van der Waals surface area contributed by atoms with Gasteiger partial charge in [-0.05, 0) is 55.0 Å². The fourth-order valence-corrected chi connectivity index (χ4v) is 2.04. The summed E-state index contributed by atoms with van der Waals surface area (Å²) < 4.78 is 5.78. The molecular weight excluding hydrogens is 186 g/mol. The molecule has 1 aromatic rings. The molecule has 0 amide bonds. The number of nitrogens with one attached hydrogen (secondary N) is 1. The van der Waals surface area contributed by atoms with Crippen LogP contribution < -0.4 is 10.1 Å². The van der Waals surface area contributed by atoms with Crippen LogP contribution in [0, 0.1) is 5.92 Å². The molecule has 0 atom stereocenters. The highest BCUT2D eigenvalue weighted by atomic mass is 16.5. The van der Waals surface area contributed by atoms with E-state index in [1.165, 1.54) is 24.0 Å². The third kappa shape index (κ3) is 2.15. The molecule has 1 N–H and O–H groups in total. The van der Waals surface area contributed by atoms with Gasteiger partial charge in [0.25, 0.3) is 0 Å². The van der Waals surface area contributed by atoms with Crippen LogP contribution in [0.25, 0.3) is 0 Å². The molecule has 2 nitrogen and oxygen atoms in total. The van der Waals surface area contributed by atoms with Gasteiger partial charge in [-0.3, -0.25) is 0 Å². The minimum absolute atomic E-state index is 0.836. The molecule has 0 unspecified atom stereocenters. The van der Waals surface area contributed by atoms with E-state index >= 15 is 0 Å². The maximum atomic E-state index is 5.78. The van der Waals surface area contributed by atoms with Gasteiger partial charge >= 0.3 is 0 Å².